The van der Waals surface area contributed by atoms with Crippen molar-refractivity contribution in [1.82, 2.24) is 4.98 Å². The number of rotatable bonds is 4. The van der Waals surface area contributed by atoms with Gasteiger partial charge in [-0.1, -0.05) is 18.2 Å². The lowest BCUT2D eigenvalue weighted by molar-refractivity contribution is 0.184. The molecule has 1 heterocycles. The van der Waals surface area contributed by atoms with Crippen molar-refractivity contribution in [2.45, 2.75) is 6.61 Å². The second-order valence-corrected chi connectivity index (χ2v) is 3.35. The Balaban J connectivity index is 2.12. The lowest BCUT2D eigenvalue weighted by Crippen LogP contribution is -1.90. The molecule has 1 aromatic carbocycles. The van der Waals surface area contributed by atoms with Crippen LogP contribution in [0.4, 0.5) is 0 Å². The van der Waals surface area contributed by atoms with Crippen LogP contribution >= 0.6 is 0 Å². The molecule has 0 atom stereocenters. The molecule has 1 aromatic heterocycles. The number of pyridine rings is 1. The van der Waals surface area contributed by atoms with Crippen molar-refractivity contribution in [2.24, 2.45) is 0 Å². The Hall–Kier alpha value is -1.87. The first-order valence-electron chi connectivity index (χ1n) is 5.05. The monoisotopic (exact) mass is 215 g/mol. The van der Waals surface area contributed by atoms with Crippen LogP contribution in [0.2, 0.25) is 0 Å². The Morgan fingerprint density at radius 1 is 1.12 bits per heavy atom. The van der Waals surface area contributed by atoms with Crippen LogP contribution in [0.5, 0.6) is 11.6 Å². The molecule has 3 heteroatoms. The molecule has 0 unspecified atom stereocenters. The highest BCUT2D eigenvalue weighted by Crippen LogP contribution is 2.20. The maximum atomic E-state index is 5.60. The summed E-state index contributed by atoms with van der Waals surface area (Å²) in [6, 6.07) is 13.3. The molecule has 2 rings (SSSR count). The van der Waals surface area contributed by atoms with Gasteiger partial charge >= 0.3 is 0 Å². The van der Waals surface area contributed by atoms with E-state index in [-0.39, 0.29) is 0 Å². The van der Waals surface area contributed by atoms with E-state index in [9.17, 15) is 0 Å². The van der Waals surface area contributed by atoms with Gasteiger partial charge in [-0.15, -0.1) is 0 Å². The normalized spacial score (nSPS) is 10.1. The Labute approximate surface area is 94.7 Å². The van der Waals surface area contributed by atoms with E-state index in [0.29, 0.717) is 12.5 Å². The third kappa shape index (κ3) is 2.81. The fourth-order valence-electron chi connectivity index (χ4n) is 1.39. The molecule has 3 nitrogen and oxygen atoms in total. The average Bonchev–Trinajstić information content (AvgIpc) is 2.31. The van der Waals surface area contributed by atoms with Gasteiger partial charge in [0.1, 0.15) is 5.75 Å². The Morgan fingerprint density at radius 3 is 2.81 bits per heavy atom. The van der Waals surface area contributed by atoms with E-state index in [1.165, 1.54) is 0 Å². The van der Waals surface area contributed by atoms with Crippen LogP contribution in [-0.2, 0) is 11.3 Å². The Kier molecular flexibility index (Phi) is 3.51. The predicted octanol–water partition coefficient (Wildman–Crippen LogP) is 3.02. The van der Waals surface area contributed by atoms with E-state index in [4.69, 9.17) is 9.47 Å². The first-order valence-corrected chi connectivity index (χ1v) is 5.05. The van der Waals surface area contributed by atoms with Crippen LogP contribution < -0.4 is 4.74 Å². The molecule has 0 bridgehead atoms. The molecule has 0 spiro atoms. The summed E-state index contributed by atoms with van der Waals surface area (Å²) in [5, 5.41) is 0. The van der Waals surface area contributed by atoms with Crippen molar-refractivity contribution >= 4 is 0 Å². The summed E-state index contributed by atoms with van der Waals surface area (Å²) < 4.78 is 10.7. The molecule has 0 aliphatic carbocycles. The predicted molar refractivity (Wildman–Crippen MR) is 61.5 cm³/mol. The molecule has 0 amide bonds. The topological polar surface area (TPSA) is 31.4 Å². The van der Waals surface area contributed by atoms with Gasteiger partial charge in [-0.05, 0) is 23.8 Å². The fraction of sp³-hybridized carbons (Fsp3) is 0.154. The van der Waals surface area contributed by atoms with Crippen molar-refractivity contribution in [3.63, 3.8) is 0 Å². The zero-order valence-electron chi connectivity index (χ0n) is 9.09. The van der Waals surface area contributed by atoms with E-state index in [1.54, 1.807) is 13.3 Å². The molecule has 0 saturated heterocycles. The van der Waals surface area contributed by atoms with E-state index >= 15 is 0 Å². The first kappa shape index (κ1) is 10.6. The van der Waals surface area contributed by atoms with Gasteiger partial charge < -0.3 is 9.47 Å². The van der Waals surface area contributed by atoms with Gasteiger partial charge in [0.2, 0.25) is 5.88 Å². The maximum Gasteiger partial charge on any atom is 0.219 e. The summed E-state index contributed by atoms with van der Waals surface area (Å²) >= 11 is 0. The van der Waals surface area contributed by atoms with E-state index < -0.39 is 0 Å². The number of ether oxygens (including phenoxy) is 2. The minimum atomic E-state index is 0.583. The minimum absolute atomic E-state index is 0.583. The number of hydrogen-bond donors (Lipinski definition) is 0. The standard InChI is InChI=1S/C13H13NO2/c1-15-10-11-5-4-6-12(9-11)16-13-7-2-3-8-14-13/h2-9H,10H2,1H3. The van der Waals surface area contributed by atoms with Gasteiger partial charge in [-0.25, -0.2) is 4.98 Å². The molecule has 0 radical (unpaired) electrons. The molecule has 0 fully saturated rings. The Morgan fingerprint density at radius 2 is 2.06 bits per heavy atom. The SMILES string of the molecule is COCc1cccc(Oc2ccccn2)c1. The molecule has 2 aromatic rings. The fourth-order valence-corrected chi connectivity index (χ4v) is 1.39. The van der Waals surface area contributed by atoms with Gasteiger partial charge in [0.25, 0.3) is 0 Å². The van der Waals surface area contributed by atoms with Crippen LogP contribution in [0.15, 0.2) is 48.7 Å². The van der Waals surface area contributed by atoms with Gasteiger partial charge in [-0.3, -0.25) is 0 Å². The second kappa shape index (κ2) is 5.28. The van der Waals surface area contributed by atoms with Crippen molar-refractivity contribution in [1.29, 1.82) is 0 Å². The largest absolute Gasteiger partial charge is 0.439 e. The third-order valence-corrected chi connectivity index (χ3v) is 2.07. The molecule has 0 saturated carbocycles. The van der Waals surface area contributed by atoms with Gasteiger partial charge in [0.05, 0.1) is 6.61 Å². The highest BCUT2D eigenvalue weighted by Gasteiger charge is 1.98. The van der Waals surface area contributed by atoms with Gasteiger partial charge in [0, 0.05) is 19.4 Å². The summed E-state index contributed by atoms with van der Waals surface area (Å²) in [6.07, 6.45) is 1.70. The van der Waals surface area contributed by atoms with E-state index in [1.807, 2.05) is 42.5 Å². The zero-order chi connectivity index (χ0) is 11.2. The smallest absolute Gasteiger partial charge is 0.219 e. The number of benzene rings is 1. The number of methoxy groups -OCH3 is 1. The summed E-state index contributed by atoms with van der Waals surface area (Å²) in [7, 11) is 1.67. The molecule has 0 N–H and O–H groups in total. The summed E-state index contributed by atoms with van der Waals surface area (Å²) in [6.45, 7) is 0.583. The van der Waals surface area contributed by atoms with Gasteiger partial charge in [0.15, 0.2) is 0 Å². The molecule has 0 aliphatic rings. The van der Waals surface area contributed by atoms with Crippen molar-refractivity contribution in [3.8, 4) is 11.6 Å². The van der Waals surface area contributed by atoms with Crippen molar-refractivity contribution in [2.75, 3.05) is 7.11 Å². The van der Waals surface area contributed by atoms with Crippen LogP contribution in [-0.4, -0.2) is 12.1 Å². The quantitative estimate of drug-likeness (QED) is 0.785. The molecule has 16 heavy (non-hydrogen) atoms. The lowest BCUT2D eigenvalue weighted by Gasteiger charge is -2.06. The summed E-state index contributed by atoms with van der Waals surface area (Å²) in [5.74, 6) is 1.37. The summed E-state index contributed by atoms with van der Waals surface area (Å²) in [5.41, 5.74) is 1.08. The molecular weight excluding hydrogens is 202 g/mol. The number of nitrogens with zero attached hydrogens (tertiary/aromatic N) is 1. The van der Waals surface area contributed by atoms with Crippen molar-refractivity contribution in [3.05, 3.63) is 54.2 Å². The first-order chi connectivity index (χ1) is 7.88. The Bertz CT molecular complexity index is 443. The molecular formula is C13H13NO2. The van der Waals surface area contributed by atoms with Crippen LogP contribution in [0.25, 0.3) is 0 Å². The molecule has 82 valence electrons. The second-order valence-electron chi connectivity index (χ2n) is 3.35. The summed E-state index contributed by atoms with van der Waals surface area (Å²) in [4.78, 5) is 4.10. The van der Waals surface area contributed by atoms with Crippen LogP contribution in [0.1, 0.15) is 5.56 Å². The highest BCUT2D eigenvalue weighted by molar-refractivity contribution is 5.31. The van der Waals surface area contributed by atoms with E-state index in [2.05, 4.69) is 4.98 Å². The number of hydrogen-bond acceptors (Lipinski definition) is 3. The van der Waals surface area contributed by atoms with Gasteiger partial charge in [-0.2, -0.15) is 0 Å². The zero-order valence-corrected chi connectivity index (χ0v) is 9.09. The van der Waals surface area contributed by atoms with Crippen LogP contribution in [0.3, 0.4) is 0 Å². The number of aromatic nitrogens is 1. The highest BCUT2D eigenvalue weighted by atomic mass is 16.5. The maximum absolute atomic E-state index is 5.60. The van der Waals surface area contributed by atoms with Crippen LogP contribution in [0, 0.1) is 0 Å². The third-order valence-electron chi connectivity index (χ3n) is 2.07. The lowest BCUT2D eigenvalue weighted by atomic mass is 10.2. The van der Waals surface area contributed by atoms with Crippen molar-refractivity contribution < 1.29 is 9.47 Å². The van der Waals surface area contributed by atoms with E-state index in [0.717, 1.165) is 11.3 Å². The minimum Gasteiger partial charge on any atom is -0.439 e. The molecule has 0 aliphatic heterocycles. The average molecular weight is 215 g/mol.